The van der Waals surface area contributed by atoms with Crippen LogP contribution in [0.15, 0.2) is 17.1 Å². The summed E-state index contributed by atoms with van der Waals surface area (Å²) in [6.45, 7) is 1.77. The second kappa shape index (κ2) is 5.52. The van der Waals surface area contributed by atoms with Crippen LogP contribution in [0.1, 0.15) is 35.3 Å². The molecule has 19 heavy (non-hydrogen) atoms. The van der Waals surface area contributed by atoms with E-state index in [4.69, 9.17) is 18.0 Å². The van der Waals surface area contributed by atoms with Gasteiger partial charge in [0.1, 0.15) is 5.56 Å². The summed E-state index contributed by atoms with van der Waals surface area (Å²) in [5.41, 5.74) is 6.24. The average Bonchev–Trinajstić information content (AvgIpc) is 2.76. The number of H-pyrrole nitrogens is 1. The molecule has 1 amide bonds. The number of thiocarbonyl (C=S) groups is 1. The molecule has 1 saturated carbocycles. The molecule has 0 saturated heterocycles. The summed E-state index contributed by atoms with van der Waals surface area (Å²) >= 11 is 5.00. The first kappa shape index (κ1) is 13.7. The van der Waals surface area contributed by atoms with Crippen molar-refractivity contribution >= 4 is 23.1 Å². The minimum absolute atomic E-state index is 0.0310. The Kier molecular flexibility index (Phi) is 3.99. The van der Waals surface area contributed by atoms with Gasteiger partial charge in [0.25, 0.3) is 5.91 Å². The van der Waals surface area contributed by atoms with Crippen LogP contribution in [0.3, 0.4) is 0 Å². The second-order valence-electron chi connectivity index (χ2n) is 4.91. The average molecular weight is 279 g/mol. The van der Waals surface area contributed by atoms with Crippen molar-refractivity contribution in [3.05, 3.63) is 33.7 Å². The molecule has 2 atom stereocenters. The van der Waals surface area contributed by atoms with E-state index >= 15 is 0 Å². The molecule has 0 spiro atoms. The van der Waals surface area contributed by atoms with Gasteiger partial charge in [-0.25, -0.2) is 0 Å². The van der Waals surface area contributed by atoms with Crippen molar-refractivity contribution in [1.29, 1.82) is 0 Å². The lowest BCUT2D eigenvalue weighted by Gasteiger charge is -2.19. The Balaban J connectivity index is 2.13. The molecule has 5 nitrogen and oxygen atoms in total. The van der Waals surface area contributed by atoms with Crippen molar-refractivity contribution < 1.29 is 4.79 Å². The quantitative estimate of drug-likeness (QED) is 0.716. The standard InChI is InChI=1S/C13H17N3O2S/c1-7-5-11(17)9(6-15-7)13(18)16-10-4-2-3-8(10)12(14)19/h5-6,8,10H,2-4H2,1H3,(H2,14,19)(H,15,17)(H,16,18). The number of pyridine rings is 1. The number of aryl methyl sites for hydroxylation is 1. The maximum atomic E-state index is 12.1. The molecular formula is C13H17N3O2S. The summed E-state index contributed by atoms with van der Waals surface area (Å²) in [7, 11) is 0. The lowest BCUT2D eigenvalue weighted by Crippen LogP contribution is -2.43. The number of carbonyl (C=O) groups is 1. The smallest absolute Gasteiger partial charge is 0.256 e. The molecule has 0 radical (unpaired) electrons. The highest BCUT2D eigenvalue weighted by Crippen LogP contribution is 2.26. The Labute approximate surface area is 116 Å². The monoisotopic (exact) mass is 279 g/mol. The van der Waals surface area contributed by atoms with Gasteiger partial charge in [0.2, 0.25) is 0 Å². The maximum absolute atomic E-state index is 12.1. The Hall–Kier alpha value is -1.69. The lowest BCUT2D eigenvalue weighted by molar-refractivity contribution is 0.0932. The topological polar surface area (TPSA) is 88.0 Å². The van der Waals surface area contributed by atoms with Gasteiger partial charge in [-0.3, -0.25) is 9.59 Å². The van der Waals surface area contributed by atoms with Crippen molar-refractivity contribution in [3.63, 3.8) is 0 Å². The molecule has 1 aliphatic rings. The molecule has 1 aliphatic carbocycles. The summed E-state index contributed by atoms with van der Waals surface area (Å²) in [6, 6.07) is 1.35. The van der Waals surface area contributed by atoms with Gasteiger partial charge in [-0.05, 0) is 19.8 Å². The van der Waals surface area contributed by atoms with E-state index in [-0.39, 0.29) is 28.9 Å². The third-order valence-corrected chi connectivity index (χ3v) is 3.80. The van der Waals surface area contributed by atoms with E-state index in [9.17, 15) is 9.59 Å². The number of hydrogen-bond acceptors (Lipinski definition) is 3. The first-order valence-electron chi connectivity index (χ1n) is 6.28. The van der Waals surface area contributed by atoms with E-state index in [1.54, 1.807) is 6.92 Å². The van der Waals surface area contributed by atoms with Gasteiger partial charge in [0.15, 0.2) is 5.43 Å². The maximum Gasteiger partial charge on any atom is 0.256 e. The molecule has 102 valence electrons. The Morgan fingerprint density at radius 3 is 2.89 bits per heavy atom. The summed E-state index contributed by atoms with van der Waals surface area (Å²) in [5.74, 6) is -0.335. The zero-order chi connectivity index (χ0) is 14.0. The normalized spacial score (nSPS) is 22.2. The molecular weight excluding hydrogens is 262 g/mol. The van der Waals surface area contributed by atoms with E-state index in [2.05, 4.69) is 10.3 Å². The van der Waals surface area contributed by atoms with Crippen LogP contribution < -0.4 is 16.5 Å². The highest BCUT2D eigenvalue weighted by atomic mass is 32.1. The third kappa shape index (κ3) is 3.01. The Morgan fingerprint density at radius 1 is 1.53 bits per heavy atom. The van der Waals surface area contributed by atoms with Crippen molar-refractivity contribution in [2.24, 2.45) is 11.7 Å². The first-order chi connectivity index (χ1) is 8.99. The number of rotatable bonds is 3. The van der Waals surface area contributed by atoms with Gasteiger partial charge in [-0.2, -0.15) is 0 Å². The summed E-state index contributed by atoms with van der Waals surface area (Å²) in [5, 5.41) is 2.86. The van der Waals surface area contributed by atoms with Gasteiger partial charge < -0.3 is 16.0 Å². The zero-order valence-corrected chi connectivity index (χ0v) is 11.5. The molecule has 4 N–H and O–H groups in total. The Bertz CT molecular complexity index is 567. The zero-order valence-electron chi connectivity index (χ0n) is 10.7. The van der Waals surface area contributed by atoms with E-state index < -0.39 is 0 Å². The number of hydrogen-bond donors (Lipinski definition) is 3. The van der Waals surface area contributed by atoms with Crippen molar-refractivity contribution in [2.45, 2.75) is 32.2 Å². The largest absolute Gasteiger partial charge is 0.393 e. The molecule has 1 heterocycles. The fraction of sp³-hybridized carbons (Fsp3) is 0.462. The van der Waals surface area contributed by atoms with Crippen LogP contribution in [0, 0.1) is 12.8 Å². The van der Waals surface area contributed by atoms with Gasteiger partial charge in [-0.1, -0.05) is 18.6 Å². The van der Waals surface area contributed by atoms with E-state index in [0.29, 0.717) is 4.99 Å². The minimum atomic E-state index is -0.366. The van der Waals surface area contributed by atoms with Crippen LogP contribution in [0.25, 0.3) is 0 Å². The van der Waals surface area contributed by atoms with Crippen molar-refractivity contribution in [2.75, 3.05) is 0 Å². The summed E-state index contributed by atoms with van der Waals surface area (Å²) in [6.07, 6.45) is 4.16. The molecule has 0 aromatic carbocycles. The number of carbonyl (C=O) groups excluding carboxylic acids is 1. The van der Waals surface area contributed by atoms with Crippen molar-refractivity contribution in [1.82, 2.24) is 10.3 Å². The number of nitrogens with two attached hydrogens (primary N) is 1. The first-order valence-corrected chi connectivity index (χ1v) is 6.69. The number of aromatic amines is 1. The van der Waals surface area contributed by atoms with Gasteiger partial charge in [-0.15, -0.1) is 0 Å². The molecule has 1 aromatic heterocycles. The van der Waals surface area contributed by atoms with Crippen LogP contribution in [-0.4, -0.2) is 21.9 Å². The van der Waals surface area contributed by atoms with Crippen LogP contribution in [0.5, 0.6) is 0 Å². The minimum Gasteiger partial charge on any atom is -0.393 e. The Morgan fingerprint density at radius 2 is 2.26 bits per heavy atom. The second-order valence-corrected chi connectivity index (χ2v) is 5.39. The van der Waals surface area contributed by atoms with Crippen LogP contribution >= 0.6 is 12.2 Å². The van der Waals surface area contributed by atoms with Gasteiger partial charge in [0, 0.05) is 29.9 Å². The SMILES string of the molecule is Cc1cc(=O)c(C(=O)NC2CCCC2C(N)=S)c[nH]1. The van der Waals surface area contributed by atoms with E-state index in [1.807, 2.05) is 0 Å². The predicted molar refractivity (Wildman–Crippen MR) is 77.2 cm³/mol. The molecule has 1 aromatic rings. The fourth-order valence-electron chi connectivity index (χ4n) is 2.47. The van der Waals surface area contributed by atoms with E-state index in [1.165, 1.54) is 12.3 Å². The fourth-order valence-corrected chi connectivity index (χ4v) is 2.75. The lowest BCUT2D eigenvalue weighted by atomic mass is 10.0. The highest BCUT2D eigenvalue weighted by Gasteiger charge is 2.31. The summed E-state index contributed by atoms with van der Waals surface area (Å²) in [4.78, 5) is 27.1. The van der Waals surface area contributed by atoms with E-state index in [0.717, 1.165) is 25.0 Å². The van der Waals surface area contributed by atoms with Crippen LogP contribution in [0.2, 0.25) is 0 Å². The molecule has 6 heteroatoms. The van der Waals surface area contributed by atoms with Crippen LogP contribution in [-0.2, 0) is 0 Å². The number of nitrogens with one attached hydrogen (secondary N) is 2. The predicted octanol–water partition coefficient (Wildman–Crippen LogP) is 0.868. The molecule has 2 unspecified atom stereocenters. The number of amides is 1. The molecule has 0 aliphatic heterocycles. The van der Waals surface area contributed by atoms with Crippen molar-refractivity contribution in [3.8, 4) is 0 Å². The molecule has 0 bridgehead atoms. The van der Waals surface area contributed by atoms with Gasteiger partial charge in [0.05, 0.1) is 4.99 Å². The number of aromatic nitrogens is 1. The van der Waals surface area contributed by atoms with Crippen LogP contribution in [0.4, 0.5) is 0 Å². The summed E-state index contributed by atoms with van der Waals surface area (Å²) < 4.78 is 0. The molecule has 2 rings (SSSR count). The highest BCUT2D eigenvalue weighted by molar-refractivity contribution is 7.80. The third-order valence-electron chi connectivity index (χ3n) is 3.50. The molecule has 1 fully saturated rings. The van der Waals surface area contributed by atoms with Gasteiger partial charge >= 0.3 is 0 Å².